The third-order valence-corrected chi connectivity index (χ3v) is 3.62. The third kappa shape index (κ3) is 4.90. The highest BCUT2D eigenvalue weighted by atomic mass is 32.1. The first-order valence-corrected chi connectivity index (χ1v) is 6.71. The minimum Gasteiger partial charge on any atom is -0.330 e. The monoisotopic (exact) mass is 239 g/mol. The van der Waals surface area contributed by atoms with Crippen molar-refractivity contribution >= 4 is 17.1 Å². The average molecular weight is 239 g/mol. The lowest BCUT2D eigenvalue weighted by Crippen LogP contribution is -2.18. The summed E-state index contributed by atoms with van der Waals surface area (Å²) in [6.45, 7) is 5.06. The molecule has 0 aromatic carbocycles. The van der Waals surface area contributed by atoms with E-state index in [9.17, 15) is 4.79 Å². The Balaban J connectivity index is 2.30. The summed E-state index contributed by atoms with van der Waals surface area (Å²) in [5, 5.41) is 4.06. The number of thiophene rings is 1. The molecule has 0 atom stereocenters. The van der Waals surface area contributed by atoms with Crippen LogP contribution in [0, 0.1) is 5.41 Å². The molecule has 0 amide bonds. The average Bonchev–Trinajstić information content (AvgIpc) is 2.68. The number of hydrogen-bond acceptors (Lipinski definition) is 3. The van der Waals surface area contributed by atoms with Crippen molar-refractivity contribution in [3.05, 3.63) is 22.4 Å². The number of ketones is 1. The lowest BCUT2D eigenvalue weighted by atomic mass is 9.83. The Hall–Kier alpha value is -0.670. The van der Waals surface area contributed by atoms with Crippen LogP contribution in [0.1, 0.15) is 38.7 Å². The van der Waals surface area contributed by atoms with Gasteiger partial charge in [0.05, 0.1) is 0 Å². The molecule has 1 aromatic rings. The standard InChI is InChI=1S/C13H21NOS/c1-13(2,6-7-14)5-3-12(15)9-11-4-8-16-10-11/h4,8,10H,3,5-7,9,14H2,1-2H3. The third-order valence-electron chi connectivity index (χ3n) is 2.88. The molecule has 0 saturated heterocycles. The molecule has 1 aromatic heterocycles. The van der Waals surface area contributed by atoms with Crippen molar-refractivity contribution < 1.29 is 4.79 Å². The zero-order chi connectivity index (χ0) is 12.0. The first-order valence-electron chi connectivity index (χ1n) is 5.76. The van der Waals surface area contributed by atoms with Gasteiger partial charge in [0, 0.05) is 12.8 Å². The molecule has 0 aliphatic rings. The highest BCUT2D eigenvalue weighted by Gasteiger charge is 2.18. The molecule has 0 saturated carbocycles. The molecule has 0 aliphatic carbocycles. The maximum atomic E-state index is 11.7. The SMILES string of the molecule is CC(C)(CCN)CCC(=O)Cc1ccsc1. The van der Waals surface area contributed by atoms with Gasteiger partial charge in [0.25, 0.3) is 0 Å². The van der Waals surface area contributed by atoms with Crippen LogP contribution in [0.3, 0.4) is 0 Å². The number of hydrogen-bond donors (Lipinski definition) is 1. The maximum absolute atomic E-state index is 11.7. The molecule has 0 radical (unpaired) electrons. The molecule has 90 valence electrons. The van der Waals surface area contributed by atoms with E-state index in [-0.39, 0.29) is 5.41 Å². The molecule has 0 aliphatic heterocycles. The van der Waals surface area contributed by atoms with Crippen molar-refractivity contribution in [2.45, 2.75) is 39.5 Å². The molecule has 3 heteroatoms. The van der Waals surface area contributed by atoms with Gasteiger partial charge in [-0.3, -0.25) is 4.79 Å². The summed E-state index contributed by atoms with van der Waals surface area (Å²) in [7, 11) is 0. The van der Waals surface area contributed by atoms with E-state index in [0.29, 0.717) is 25.2 Å². The van der Waals surface area contributed by atoms with Gasteiger partial charge in [-0.2, -0.15) is 11.3 Å². The van der Waals surface area contributed by atoms with Crippen molar-refractivity contribution in [2.24, 2.45) is 11.1 Å². The van der Waals surface area contributed by atoms with Crippen LogP contribution in [0.25, 0.3) is 0 Å². The Morgan fingerprint density at radius 3 is 2.75 bits per heavy atom. The first kappa shape index (κ1) is 13.4. The zero-order valence-electron chi connectivity index (χ0n) is 10.2. The summed E-state index contributed by atoms with van der Waals surface area (Å²) in [6, 6.07) is 2.02. The molecular weight excluding hydrogens is 218 g/mol. The van der Waals surface area contributed by atoms with Crippen molar-refractivity contribution in [1.29, 1.82) is 0 Å². The predicted octanol–water partition coefficient (Wildman–Crippen LogP) is 3.01. The Morgan fingerprint density at radius 2 is 2.19 bits per heavy atom. The van der Waals surface area contributed by atoms with Crippen molar-refractivity contribution in [3.63, 3.8) is 0 Å². The molecule has 2 nitrogen and oxygen atoms in total. The second-order valence-electron chi connectivity index (χ2n) is 5.05. The van der Waals surface area contributed by atoms with Gasteiger partial charge in [-0.25, -0.2) is 0 Å². The first-order chi connectivity index (χ1) is 7.53. The molecule has 0 fully saturated rings. The zero-order valence-corrected chi connectivity index (χ0v) is 11.0. The van der Waals surface area contributed by atoms with Crippen molar-refractivity contribution in [1.82, 2.24) is 0 Å². The highest BCUT2D eigenvalue weighted by molar-refractivity contribution is 7.07. The molecule has 0 bridgehead atoms. The van der Waals surface area contributed by atoms with Crippen LogP contribution >= 0.6 is 11.3 Å². The summed E-state index contributed by atoms with van der Waals surface area (Å²) < 4.78 is 0. The van der Waals surface area contributed by atoms with Crippen LogP contribution in [-0.2, 0) is 11.2 Å². The minimum absolute atomic E-state index is 0.194. The van der Waals surface area contributed by atoms with Crippen LogP contribution in [0.15, 0.2) is 16.8 Å². The number of carbonyl (C=O) groups is 1. The van der Waals surface area contributed by atoms with Crippen LogP contribution in [0.2, 0.25) is 0 Å². The Kier molecular flexibility index (Phi) is 5.16. The molecule has 1 rings (SSSR count). The van der Waals surface area contributed by atoms with Crippen LogP contribution in [0.5, 0.6) is 0 Å². The smallest absolute Gasteiger partial charge is 0.137 e. The summed E-state index contributed by atoms with van der Waals surface area (Å²) in [4.78, 5) is 11.7. The fraction of sp³-hybridized carbons (Fsp3) is 0.615. The van der Waals surface area contributed by atoms with Gasteiger partial charge in [0.2, 0.25) is 0 Å². The van der Waals surface area contributed by atoms with Gasteiger partial charge >= 0.3 is 0 Å². The number of Topliss-reactive ketones (excluding diaryl/α,β-unsaturated/α-hetero) is 1. The quantitative estimate of drug-likeness (QED) is 0.795. The highest BCUT2D eigenvalue weighted by Crippen LogP contribution is 2.26. The summed E-state index contributed by atoms with van der Waals surface area (Å²) in [6.07, 6.45) is 3.18. The largest absolute Gasteiger partial charge is 0.330 e. The molecular formula is C13H21NOS. The van der Waals surface area contributed by atoms with Crippen LogP contribution in [0.4, 0.5) is 0 Å². The number of nitrogens with two attached hydrogens (primary N) is 1. The van der Waals surface area contributed by atoms with E-state index < -0.39 is 0 Å². The fourth-order valence-corrected chi connectivity index (χ4v) is 2.37. The van der Waals surface area contributed by atoms with E-state index in [0.717, 1.165) is 18.4 Å². The number of carbonyl (C=O) groups excluding carboxylic acids is 1. The van der Waals surface area contributed by atoms with Gasteiger partial charge in [-0.15, -0.1) is 0 Å². The maximum Gasteiger partial charge on any atom is 0.137 e. The molecule has 2 N–H and O–H groups in total. The topological polar surface area (TPSA) is 43.1 Å². The van der Waals surface area contributed by atoms with Gasteiger partial charge in [-0.05, 0) is 47.2 Å². The van der Waals surface area contributed by atoms with Crippen molar-refractivity contribution in [3.8, 4) is 0 Å². The number of rotatable bonds is 7. The van der Waals surface area contributed by atoms with E-state index in [4.69, 9.17) is 5.73 Å². The molecule has 16 heavy (non-hydrogen) atoms. The van der Waals surface area contributed by atoms with Crippen molar-refractivity contribution in [2.75, 3.05) is 6.54 Å². The lowest BCUT2D eigenvalue weighted by molar-refractivity contribution is -0.119. The second kappa shape index (κ2) is 6.16. The normalized spacial score (nSPS) is 11.7. The van der Waals surface area contributed by atoms with Gasteiger partial charge in [0.1, 0.15) is 5.78 Å². The molecule has 0 spiro atoms. The second-order valence-corrected chi connectivity index (χ2v) is 5.83. The minimum atomic E-state index is 0.194. The fourth-order valence-electron chi connectivity index (χ4n) is 1.70. The van der Waals surface area contributed by atoms with Gasteiger partial charge in [-0.1, -0.05) is 13.8 Å². The van der Waals surface area contributed by atoms with Gasteiger partial charge < -0.3 is 5.73 Å². The Bertz CT molecular complexity index is 317. The Morgan fingerprint density at radius 1 is 1.44 bits per heavy atom. The van der Waals surface area contributed by atoms with Crippen LogP contribution in [-0.4, -0.2) is 12.3 Å². The van der Waals surface area contributed by atoms with E-state index in [1.54, 1.807) is 11.3 Å². The predicted molar refractivity (Wildman–Crippen MR) is 69.7 cm³/mol. The van der Waals surface area contributed by atoms with E-state index in [1.807, 2.05) is 16.8 Å². The lowest BCUT2D eigenvalue weighted by Gasteiger charge is -2.23. The van der Waals surface area contributed by atoms with E-state index >= 15 is 0 Å². The molecule has 1 heterocycles. The van der Waals surface area contributed by atoms with E-state index in [2.05, 4.69) is 13.8 Å². The summed E-state index contributed by atoms with van der Waals surface area (Å²) in [5.41, 5.74) is 6.89. The van der Waals surface area contributed by atoms with Gasteiger partial charge in [0.15, 0.2) is 0 Å². The van der Waals surface area contributed by atoms with Crippen LogP contribution < -0.4 is 5.73 Å². The van der Waals surface area contributed by atoms with E-state index in [1.165, 1.54) is 0 Å². The Labute approximate surface area is 102 Å². The summed E-state index contributed by atoms with van der Waals surface area (Å²) in [5.74, 6) is 0.337. The summed E-state index contributed by atoms with van der Waals surface area (Å²) >= 11 is 1.64. The molecule has 0 unspecified atom stereocenters.